The van der Waals surface area contributed by atoms with E-state index in [0.717, 1.165) is 12.1 Å². The maximum absolute atomic E-state index is 12.1. The van der Waals surface area contributed by atoms with Gasteiger partial charge in [-0.2, -0.15) is 4.98 Å². The van der Waals surface area contributed by atoms with Crippen molar-refractivity contribution in [2.24, 2.45) is 0 Å². The van der Waals surface area contributed by atoms with E-state index in [4.69, 9.17) is 5.73 Å². The Hall–Kier alpha value is -2.69. The molecule has 0 aliphatic carbocycles. The molecule has 1 aromatic carbocycles. The highest BCUT2D eigenvalue weighted by Crippen LogP contribution is 2.27. The van der Waals surface area contributed by atoms with Crippen LogP contribution in [0.5, 0.6) is 0 Å². The number of aromatic nitrogens is 2. The molecule has 0 aliphatic rings. The Bertz CT molecular complexity index is 769. The van der Waals surface area contributed by atoms with Crippen LogP contribution < -0.4 is 10.5 Å². The zero-order valence-electron chi connectivity index (χ0n) is 10.1. The predicted octanol–water partition coefficient (Wildman–Crippen LogP) is 0.669. The number of nitro benzene ring substituents is 1. The molecule has 0 fully saturated rings. The van der Waals surface area contributed by atoms with Gasteiger partial charge in [0.2, 0.25) is 0 Å². The first kappa shape index (κ1) is 13.7. The number of hydrogen-bond donors (Lipinski definition) is 2. The Morgan fingerprint density at radius 1 is 1.45 bits per heavy atom. The average molecular weight is 299 g/mol. The van der Waals surface area contributed by atoms with E-state index >= 15 is 0 Å². The fourth-order valence-electron chi connectivity index (χ4n) is 1.41. The molecule has 0 aliphatic heterocycles. The van der Waals surface area contributed by atoms with E-state index in [-0.39, 0.29) is 17.5 Å². The summed E-state index contributed by atoms with van der Waals surface area (Å²) in [5, 5.41) is 14.3. The molecule has 0 amide bonds. The maximum Gasteiger partial charge on any atom is 0.335 e. The minimum absolute atomic E-state index is 0.0673. The molecule has 3 N–H and O–H groups in total. The number of hydrogen-bond acceptors (Lipinski definition) is 8. The van der Waals surface area contributed by atoms with Gasteiger partial charge in [0.05, 0.1) is 4.92 Å². The van der Waals surface area contributed by atoms with Crippen molar-refractivity contribution in [2.75, 3.05) is 10.5 Å². The monoisotopic (exact) mass is 299 g/mol. The number of rotatable bonds is 4. The minimum Gasteiger partial charge on any atom is -0.399 e. The van der Waals surface area contributed by atoms with Crippen molar-refractivity contribution in [3.63, 3.8) is 0 Å². The van der Waals surface area contributed by atoms with Gasteiger partial charge in [-0.1, -0.05) is 5.16 Å². The third-order valence-corrected chi connectivity index (χ3v) is 3.57. The largest absolute Gasteiger partial charge is 0.399 e. The number of nitrogens with two attached hydrogens (primary N) is 1. The van der Waals surface area contributed by atoms with Crippen molar-refractivity contribution in [3.8, 4) is 0 Å². The highest BCUT2D eigenvalue weighted by Gasteiger charge is 2.27. The Labute approximate surface area is 112 Å². The van der Waals surface area contributed by atoms with Gasteiger partial charge in [-0.25, -0.2) is 13.1 Å². The molecule has 0 saturated carbocycles. The average Bonchev–Trinajstić information content (AvgIpc) is 2.73. The number of nitrogens with zero attached hydrogens (tertiary/aromatic N) is 3. The summed E-state index contributed by atoms with van der Waals surface area (Å²) in [5.74, 6) is 0.213. The quantitative estimate of drug-likeness (QED) is 0.474. The lowest BCUT2D eigenvalue weighted by molar-refractivity contribution is -0.387. The first-order valence-corrected chi connectivity index (χ1v) is 6.65. The van der Waals surface area contributed by atoms with Crippen LogP contribution in [0.15, 0.2) is 27.6 Å². The number of aryl methyl sites for hydroxylation is 1. The normalized spacial score (nSPS) is 11.2. The number of nitrogens with one attached hydrogen (secondary N) is 1. The topological polar surface area (TPSA) is 154 Å². The summed E-state index contributed by atoms with van der Waals surface area (Å²) in [6.45, 7) is 1.49. The van der Waals surface area contributed by atoms with Crippen LogP contribution in [0.1, 0.15) is 5.82 Å². The number of anilines is 2. The summed E-state index contributed by atoms with van der Waals surface area (Å²) in [7, 11) is -4.27. The Morgan fingerprint density at radius 3 is 2.70 bits per heavy atom. The van der Waals surface area contributed by atoms with E-state index in [0.29, 0.717) is 0 Å². The molecule has 1 aromatic heterocycles. The zero-order valence-corrected chi connectivity index (χ0v) is 10.9. The Morgan fingerprint density at radius 2 is 2.15 bits per heavy atom. The molecule has 106 valence electrons. The molecule has 2 rings (SSSR count). The maximum atomic E-state index is 12.1. The van der Waals surface area contributed by atoms with E-state index < -0.39 is 25.5 Å². The van der Waals surface area contributed by atoms with Gasteiger partial charge in [0.25, 0.3) is 15.7 Å². The summed E-state index contributed by atoms with van der Waals surface area (Å²) in [6.07, 6.45) is 0. The molecule has 20 heavy (non-hydrogen) atoms. The van der Waals surface area contributed by atoms with Gasteiger partial charge in [-0.15, -0.1) is 0 Å². The number of benzene rings is 1. The third-order valence-electron chi connectivity index (χ3n) is 2.22. The van der Waals surface area contributed by atoms with Crippen molar-refractivity contribution in [1.29, 1.82) is 0 Å². The molecule has 0 radical (unpaired) electrons. The lowest BCUT2D eigenvalue weighted by Gasteiger charge is -2.05. The SMILES string of the molecule is Cc1noc(NS(=O)(=O)c2cc(N)ccc2[N+](=O)[O-])n1. The second-order valence-corrected chi connectivity index (χ2v) is 5.39. The first-order chi connectivity index (χ1) is 9.29. The Kier molecular flexibility index (Phi) is 3.28. The van der Waals surface area contributed by atoms with Crippen LogP contribution in [0, 0.1) is 17.0 Å². The number of nitrogen functional groups attached to an aromatic ring is 1. The van der Waals surface area contributed by atoms with Crippen LogP contribution >= 0.6 is 0 Å². The fraction of sp³-hybridized carbons (Fsp3) is 0.111. The van der Waals surface area contributed by atoms with Crippen LogP contribution in [-0.2, 0) is 10.0 Å². The van der Waals surface area contributed by atoms with Gasteiger partial charge >= 0.3 is 6.01 Å². The van der Waals surface area contributed by atoms with Crippen LogP contribution in [0.4, 0.5) is 17.4 Å². The second kappa shape index (κ2) is 4.77. The zero-order chi connectivity index (χ0) is 14.9. The summed E-state index contributed by atoms with van der Waals surface area (Å²) in [5.41, 5.74) is 4.91. The van der Waals surface area contributed by atoms with E-state index in [1.807, 2.05) is 4.72 Å². The number of sulfonamides is 1. The summed E-state index contributed by atoms with van der Waals surface area (Å²) in [4.78, 5) is 13.1. The Balaban J connectivity index is 2.48. The molecule has 0 spiro atoms. The molecular formula is C9H9N5O5S. The van der Waals surface area contributed by atoms with Crippen LogP contribution in [0.25, 0.3) is 0 Å². The molecule has 0 saturated heterocycles. The number of nitro groups is 1. The second-order valence-electron chi connectivity index (χ2n) is 3.74. The van der Waals surface area contributed by atoms with Crippen LogP contribution in [0.3, 0.4) is 0 Å². The molecular weight excluding hydrogens is 290 g/mol. The molecule has 1 heterocycles. The van der Waals surface area contributed by atoms with E-state index in [1.165, 1.54) is 13.0 Å². The van der Waals surface area contributed by atoms with E-state index in [1.54, 1.807) is 0 Å². The lowest BCUT2D eigenvalue weighted by atomic mass is 10.3. The summed E-state index contributed by atoms with van der Waals surface area (Å²) >= 11 is 0. The molecule has 2 aromatic rings. The summed E-state index contributed by atoms with van der Waals surface area (Å²) in [6, 6.07) is 2.82. The standard InChI is InChI=1S/C9H9N5O5S/c1-5-11-9(19-12-5)13-20(17,18)8-4-6(10)2-3-7(8)14(15)16/h2-4H,10H2,1H3,(H,11,12,13). The fourth-order valence-corrected chi connectivity index (χ4v) is 2.54. The minimum atomic E-state index is -4.27. The third kappa shape index (κ3) is 2.66. The first-order valence-electron chi connectivity index (χ1n) is 5.16. The molecule has 0 bridgehead atoms. The molecule has 11 heteroatoms. The van der Waals surface area contributed by atoms with Gasteiger partial charge in [0.1, 0.15) is 0 Å². The van der Waals surface area contributed by atoms with Crippen LogP contribution in [-0.4, -0.2) is 23.5 Å². The van der Waals surface area contributed by atoms with Crippen molar-refractivity contribution >= 4 is 27.4 Å². The smallest absolute Gasteiger partial charge is 0.335 e. The highest BCUT2D eigenvalue weighted by atomic mass is 32.2. The summed E-state index contributed by atoms with van der Waals surface area (Å²) < 4.78 is 30.7. The lowest BCUT2D eigenvalue weighted by Crippen LogP contribution is -2.15. The van der Waals surface area contributed by atoms with Crippen molar-refractivity contribution in [1.82, 2.24) is 10.1 Å². The van der Waals surface area contributed by atoms with Gasteiger partial charge in [0, 0.05) is 11.8 Å². The van der Waals surface area contributed by atoms with E-state index in [9.17, 15) is 18.5 Å². The van der Waals surface area contributed by atoms with Crippen molar-refractivity contribution < 1.29 is 17.9 Å². The van der Waals surface area contributed by atoms with Gasteiger partial charge in [0.15, 0.2) is 10.7 Å². The van der Waals surface area contributed by atoms with Gasteiger partial charge < -0.3 is 10.3 Å². The van der Waals surface area contributed by atoms with E-state index in [2.05, 4.69) is 14.7 Å². The predicted molar refractivity (Wildman–Crippen MR) is 67.4 cm³/mol. The molecule has 10 nitrogen and oxygen atoms in total. The molecule has 0 atom stereocenters. The molecule has 0 unspecified atom stereocenters. The van der Waals surface area contributed by atoms with Crippen molar-refractivity contribution in [2.45, 2.75) is 11.8 Å². The van der Waals surface area contributed by atoms with Crippen molar-refractivity contribution in [3.05, 3.63) is 34.1 Å². The van der Waals surface area contributed by atoms with Gasteiger partial charge in [-0.05, 0) is 19.1 Å². The van der Waals surface area contributed by atoms with Gasteiger partial charge in [-0.3, -0.25) is 10.1 Å². The van der Waals surface area contributed by atoms with Crippen LogP contribution in [0.2, 0.25) is 0 Å². The highest BCUT2D eigenvalue weighted by molar-refractivity contribution is 7.92.